The maximum Gasteiger partial charge on any atom is 0.242 e. The molecule has 3 heterocycles. The summed E-state index contributed by atoms with van der Waals surface area (Å²) in [5.41, 5.74) is 1.08. The average molecular weight is 430 g/mol. The lowest BCUT2D eigenvalue weighted by Crippen LogP contribution is -2.54. The molecule has 2 aromatic rings. The zero-order chi connectivity index (χ0) is 20.9. The van der Waals surface area contributed by atoms with Gasteiger partial charge in [-0.05, 0) is 30.5 Å². The number of nitrogens with one attached hydrogen (secondary N) is 1. The van der Waals surface area contributed by atoms with Crippen molar-refractivity contribution >= 4 is 23.5 Å². The number of hydrogen-bond donors (Lipinski definition) is 1. The maximum atomic E-state index is 12.7. The van der Waals surface area contributed by atoms with Gasteiger partial charge in [-0.15, -0.1) is 10.2 Å². The Labute approximate surface area is 181 Å². The van der Waals surface area contributed by atoms with Crippen molar-refractivity contribution in [2.24, 2.45) is 4.99 Å². The summed E-state index contributed by atoms with van der Waals surface area (Å²) in [6.45, 7) is 3.82. The first-order chi connectivity index (χ1) is 14.6. The molecule has 0 radical (unpaired) electrons. The summed E-state index contributed by atoms with van der Waals surface area (Å²) >= 11 is 5.95. The van der Waals surface area contributed by atoms with Gasteiger partial charge in [0.2, 0.25) is 5.91 Å². The van der Waals surface area contributed by atoms with E-state index in [1.54, 1.807) is 7.05 Å². The summed E-state index contributed by atoms with van der Waals surface area (Å²) in [4.78, 5) is 21.0. The van der Waals surface area contributed by atoms with Gasteiger partial charge in [0.15, 0.2) is 11.8 Å². The number of aromatic nitrogens is 3. The molecule has 2 aliphatic rings. The molecule has 9 heteroatoms. The highest BCUT2D eigenvalue weighted by Crippen LogP contribution is 2.15. The van der Waals surface area contributed by atoms with Gasteiger partial charge in [0, 0.05) is 44.7 Å². The minimum Gasteiger partial charge on any atom is -0.349 e. The van der Waals surface area contributed by atoms with E-state index in [1.807, 2.05) is 34.1 Å². The van der Waals surface area contributed by atoms with Crippen LogP contribution in [0.4, 0.5) is 0 Å². The number of rotatable bonds is 4. The van der Waals surface area contributed by atoms with Crippen LogP contribution in [-0.2, 0) is 30.8 Å². The number of halogens is 1. The molecule has 30 heavy (non-hydrogen) atoms. The molecule has 0 aliphatic carbocycles. The number of benzene rings is 1. The Balaban J connectivity index is 1.33. The average Bonchev–Trinajstić information content (AvgIpc) is 2.98. The molecule has 0 unspecified atom stereocenters. The van der Waals surface area contributed by atoms with Gasteiger partial charge < -0.3 is 19.7 Å². The Bertz CT molecular complexity index is 909. The van der Waals surface area contributed by atoms with Crippen molar-refractivity contribution in [3.8, 4) is 0 Å². The van der Waals surface area contributed by atoms with Gasteiger partial charge >= 0.3 is 0 Å². The highest BCUT2D eigenvalue weighted by Gasteiger charge is 2.26. The normalized spacial score (nSPS) is 17.7. The number of guanidine groups is 1. The summed E-state index contributed by atoms with van der Waals surface area (Å²) in [7, 11) is 1.75. The molecule has 0 spiro atoms. The Morgan fingerprint density at radius 2 is 1.97 bits per heavy atom. The zero-order valence-electron chi connectivity index (χ0n) is 17.3. The van der Waals surface area contributed by atoms with Crippen LogP contribution in [0.3, 0.4) is 0 Å². The SMILES string of the molecule is CN=C(NCc1nnc2n1CCCCC2)N1CCN(Cc2ccc(Cl)cc2)C(=O)C1. The molecule has 0 bridgehead atoms. The lowest BCUT2D eigenvalue weighted by molar-refractivity contribution is -0.135. The Kier molecular flexibility index (Phi) is 6.52. The first-order valence-corrected chi connectivity index (χ1v) is 10.9. The molecule has 1 saturated heterocycles. The molecule has 2 aliphatic heterocycles. The molecule has 0 saturated carbocycles. The summed E-state index contributed by atoms with van der Waals surface area (Å²) in [6, 6.07) is 7.64. The fourth-order valence-corrected chi connectivity index (χ4v) is 4.16. The first kappa shape index (κ1) is 20.7. The van der Waals surface area contributed by atoms with Crippen LogP contribution < -0.4 is 5.32 Å². The fourth-order valence-electron chi connectivity index (χ4n) is 4.03. The lowest BCUT2D eigenvalue weighted by atomic mass is 10.2. The summed E-state index contributed by atoms with van der Waals surface area (Å²) in [6.07, 6.45) is 4.57. The molecule has 0 atom stereocenters. The number of aryl methyl sites for hydroxylation is 1. The maximum absolute atomic E-state index is 12.7. The molecule has 160 valence electrons. The van der Waals surface area contributed by atoms with Gasteiger partial charge in [0.05, 0.1) is 13.1 Å². The van der Waals surface area contributed by atoms with Crippen molar-refractivity contribution in [3.63, 3.8) is 0 Å². The van der Waals surface area contributed by atoms with Gasteiger partial charge in [-0.3, -0.25) is 9.79 Å². The van der Waals surface area contributed by atoms with Gasteiger partial charge in [-0.25, -0.2) is 0 Å². The molecule has 1 aromatic carbocycles. The fraction of sp³-hybridized carbons (Fsp3) is 0.524. The van der Waals surface area contributed by atoms with Crippen LogP contribution in [0, 0.1) is 0 Å². The standard InChI is InChI=1S/C21H28ClN7O/c1-23-21(24-13-19-26-25-18-5-3-2-4-10-29(18)19)28-12-11-27(20(30)15-28)14-16-6-8-17(22)9-7-16/h6-9H,2-5,10-15H2,1H3,(H,23,24). The van der Waals surface area contributed by atoms with Crippen molar-refractivity contribution in [1.82, 2.24) is 29.9 Å². The summed E-state index contributed by atoms with van der Waals surface area (Å²) < 4.78 is 2.22. The van der Waals surface area contributed by atoms with E-state index in [0.717, 1.165) is 49.1 Å². The Morgan fingerprint density at radius 3 is 2.73 bits per heavy atom. The van der Waals surface area contributed by atoms with Crippen molar-refractivity contribution in [3.05, 3.63) is 46.5 Å². The number of carbonyl (C=O) groups excluding carboxylic acids is 1. The second-order valence-electron chi connectivity index (χ2n) is 7.76. The van der Waals surface area contributed by atoms with Crippen molar-refractivity contribution in [1.29, 1.82) is 0 Å². The number of carbonyl (C=O) groups is 1. The van der Waals surface area contributed by atoms with Crippen LogP contribution in [0.15, 0.2) is 29.3 Å². The van der Waals surface area contributed by atoms with E-state index in [4.69, 9.17) is 11.6 Å². The summed E-state index contributed by atoms with van der Waals surface area (Å²) in [5, 5.41) is 12.8. The minimum absolute atomic E-state index is 0.0931. The third-order valence-electron chi connectivity index (χ3n) is 5.71. The van der Waals surface area contributed by atoms with Crippen LogP contribution in [-0.4, -0.2) is 63.1 Å². The zero-order valence-corrected chi connectivity index (χ0v) is 18.1. The Hall–Kier alpha value is -2.61. The van der Waals surface area contributed by atoms with Gasteiger partial charge in [0.25, 0.3) is 0 Å². The smallest absolute Gasteiger partial charge is 0.242 e. The number of hydrogen-bond acceptors (Lipinski definition) is 4. The molecule has 1 amide bonds. The van der Waals surface area contributed by atoms with E-state index in [2.05, 4.69) is 25.1 Å². The molecular formula is C21H28ClN7O. The van der Waals surface area contributed by atoms with E-state index in [1.165, 1.54) is 12.8 Å². The minimum atomic E-state index is 0.0931. The number of fused-ring (bicyclic) bond motifs is 1. The van der Waals surface area contributed by atoms with Crippen LogP contribution in [0.5, 0.6) is 0 Å². The largest absolute Gasteiger partial charge is 0.349 e. The predicted octanol–water partition coefficient (Wildman–Crippen LogP) is 2.08. The third kappa shape index (κ3) is 4.75. The van der Waals surface area contributed by atoms with Crippen LogP contribution in [0.25, 0.3) is 0 Å². The number of aliphatic imine (C=N–C) groups is 1. The van der Waals surface area contributed by atoms with E-state index < -0.39 is 0 Å². The molecule has 8 nitrogen and oxygen atoms in total. The second-order valence-corrected chi connectivity index (χ2v) is 8.20. The highest BCUT2D eigenvalue weighted by molar-refractivity contribution is 6.30. The van der Waals surface area contributed by atoms with Crippen molar-refractivity contribution in [2.75, 3.05) is 26.7 Å². The molecular weight excluding hydrogens is 402 g/mol. The van der Waals surface area contributed by atoms with Gasteiger partial charge in [0.1, 0.15) is 5.82 Å². The predicted molar refractivity (Wildman–Crippen MR) is 116 cm³/mol. The number of piperazine rings is 1. The quantitative estimate of drug-likeness (QED) is 0.594. The number of amides is 1. The summed E-state index contributed by atoms with van der Waals surface area (Å²) in [5.74, 6) is 2.82. The molecule has 1 N–H and O–H groups in total. The second kappa shape index (κ2) is 9.47. The van der Waals surface area contributed by atoms with Crippen LogP contribution in [0.2, 0.25) is 5.02 Å². The topological polar surface area (TPSA) is 78.7 Å². The molecule has 1 aromatic heterocycles. The Morgan fingerprint density at radius 1 is 1.13 bits per heavy atom. The monoisotopic (exact) mass is 429 g/mol. The molecule has 1 fully saturated rings. The van der Waals surface area contributed by atoms with Gasteiger partial charge in [-0.1, -0.05) is 30.2 Å². The van der Waals surface area contributed by atoms with E-state index in [0.29, 0.717) is 31.2 Å². The van der Waals surface area contributed by atoms with Gasteiger partial charge in [-0.2, -0.15) is 0 Å². The van der Waals surface area contributed by atoms with E-state index in [-0.39, 0.29) is 5.91 Å². The van der Waals surface area contributed by atoms with Crippen LogP contribution >= 0.6 is 11.6 Å². The lowest BCUT2D eigenvalue weighted by Gasteiger charge is -2.36. The first-order valence-electron chi connectivity index (χ1n) is 10.5. The van der Waals surface area contributed by atoms with E-state index >= 15 is 0 Å². The third-order valence-corrected chi connectivity index (χ3v) is 5.96. The van der Waals surface area contributed by atoms with Crippen molar-refractivity contribution in [2.45, 2.75) is 45.3 Å². The number of nitrogens with zero attached hydrogens (tertiary/aromatic N) is 6. The molecule has 4 rings (SSSR count). The van der Waals surface area contributed by atoms with E-state index in [9.17, 15) is 4.79 Å². The van der Waals surface area contributed by atoms with Crippen molar-refractivity contribution < 1.29 is 4.79 Å². The highest BCUT2D eigenvalue weighted by atomic mass is 35.5. The van der Waals surface area contributed by atoms with Crippen LogP contribution in [0.1, 0.15) is 36.5 Å².